The van der Waals surface area contributed by atoms with Crippen LogP contribution < -0.4 is 4.90 Å². The van der Waals surface area contributed by atoms with E-state index in [2.05, 4.69) is 21.0 Å². The number of pyridine rings is 1. The minimum Gasteiger partial charge on any atom is -0.443 e. The normalized spacial score (nSPS) is 16.9. The zero-order valence-electron chi connectivity index (χ0n) is 19.2. The number of nitrogens with zero attached hydrogens (tertiary/aromatic N) is 6. The lowest BCUT2D eigenvalue weighted by molar-refractivity contribution is 0.0547. The van der Waals surface area contributed by atoms with Crippen LogP contribution in [0, 0.1) is 23.1 Å². The lowest BCUT2D eigenvalue weighted by Gasteiger charge is -2.34. The number of carbonyl (C=O) groups is 1. The first kappa shape index (κ1) is 24.8. The fourth-order valence-electron chi connectivity index (χ4n) is 3.17. The molecule has 3 aromatic heterocycles. The summed E-state index contributed by atoms with van der Waals surface area (Å²) < 4.78 is 32.2. The van der Waals surface area contributed by atoms with Crippen LogP contribution in [0.4, 0.5) is 19.5 Å². The molecule has 1 saturated carbocycles. The van der Waals surface area contributed by atoms with Crippen molar-refractivity contribution in [3.63, 3.8) is 0 Å². The highest BCUT2D eigenvalue weighted by molar-refractivity contribution is 5.85. The molecule has 1 amide bonds. The Morgan fingerprint density at radius 1 is 1.26 bits per heavy atom. The van der Waals surface area contributed by atoms with Crippen LogP contribution in [0.3, 0.4) is 0 Å². The van der Waals surface area contributed by atoms with Gasteiger partial charge in [0.2, 0.25) is 5.95 Å². The Balaban J connectivity index is 0.000000396. The third kappa shape index (κ3) is 7.07. The first-order valence-electron chi connectivity index (χ1n) is 10.7. The first-order chi connectivity index (χ1) is 16.1. The van der Waals surface area contributed by atoms with Gasteiger partial charge in [-0.3, -0.25) is 4.98 Å². The number of amides is 1. The minimum absolute atomic E-state index is 0.0680. The number of carbonyl (C=O) groups excluding carboxylic acids is 1. The number of nitriles is 1. The van der Waals surface area contributed by atoms with E-state index in [4.69, 9.17) is 10.00 Å². The van der Waals surface area contributed by atoms with Crippen LogP contribution >= 0.6 is 0 Å². The van der Waals surface area contributed by atoms with Crippen molar-refractivity contribution in [3.05, 3.63) is 66.8 Å². The summed E-state index contributed by atoms with van der Waals surface area (Å²) in [5.41, 5.74) is 0.535. The molecule has 0 unspecified atom stereocenters. The van der Waals surface area contributed by atoms with E-state index in [-0.39, 0.29) is 17.7 Å². The van der Waals surface area contributed by atoms with Crippen LogP contribution in [-0.2, 0) is 4.74 Å². The first-order valence-corrected chi connectivity index (χ1v) is 10.7. The Kier molecular flexibility index (Phi) is 7.89. The van der Waals surface area contributed by atoms with Gasteiger partial charge in [0.15, 0.2) is 0 Å². The van der Waals surface area contributed by atoms with Gasteiger partial charge in [0.1, 0.15) is 23.7 Å². The van der Waals surface area contributed by atoms with Crippen molar-refractivity contribution < 1.29 is 18.3 Å². The number of aromatic nitrogens is 4. The molecule has 4 rings (SSSR count). The molecular formula is C24H26F2N6O2. The van der Waals surface area contributed by atoms with E-state index in [0.717, 1.165) is 0 Å². The van der Waals surface area contributed by atoms with E-state index in [1.54, 1.807) is 62.3 Å². The summed E-state index contributed by atoms with van der Waals surface area (Å²) in [7, 11) is 0. The van der Waals surface area contributed by atoms with Crippen LogP contribution in [0.25, 0.3) is 5.69 Å². The number of hydrogen-bond donors (Lipinski definition) is 0. The van der Waals surface area contributed by atoms with Gasteiger partial charge in [-0.2, -0.15) is 5.26 Å². The van der Waals surface area contributed by atoms with Gasteiger partial charge in [0.25, 0.3) is 0 Å². The molecule has 10 heteroatoms. The van der Waals surface area contributed by atoms with E-state index in [1.807, 2.05) is 0 Å². The predicted molar refractivity (Wildman–Crippen MR) is 121 cm³/mol. The molecule has 0 radical (unpaired) electrons. The Hall–Kier alpha value is -3.87. The molecule has 8 nitrogen and oxygen atoms in total. The van der Waals surface area contributed by atoms with Gasteiger partial charge >= 0.3 is 6.09 Å². The van der Waals surface area contributed by atoms with Crippen LogP contribution in [0.15, 0.2) is 55.4 Å². The molecule has 0 aromatic carbocycles. The highest BCUT2D eigenvalue weighted by atomic mass is 19.1. The summed E-state index contributed by atoms with van der Waals surface area (Å²) in [6, 6.07) is 6.65. The second-order valence-corrected chi connectivity index (χ2v) is 8.86. The van der Waals surface area contributed by atoms with Crippen molar-refractivity contribution in [2.45, 2.75) is 45.4 Å². The van der Waals surface area contributed by atoms with Crippen molar-refractivity contribution in [3.8, 4) is 11.8 Å². The van der Waals surface area contributed by atoms with Crippen molar-refractivity contribution in [2.75, 3.05) is 11.4 Å². The van der Waals surface area contributed by atoms with Gasteiger partial charge in [-0.05, 0) is 57.7 Å². The molecule has 1 aliphatic rings. The van der Waals surface area contributed by atoms with Gasteiger partial charge in [-0.15, -0.1) is 0 Å². The van der Waals surface area contributed by atoms with Gasteiger partial charge in [0.05, 0.1) is 29.8 Å². The quantitative estimate of drug-likeness (QED) is 0.543. The molecule has 0 saturated heterocycles. The molecule has 3 aromatic rings. The number of hydrogen-bond acceptors (Lipinski definition) is 6. The molecule has 34 heavy (non-hydrogen) atoms. The summed E-state index contributed by atoms with van der Waals surface area (Å²) >= 11 is 0. The summed E-state index contributed by atoms with van der Waals surface area (Å²) in [6.07, 6.45) is 8.74. The number of ether oxygens (including phenoxy) is 1. The van der Waals surface area contributed by atoms with Gasteiger partial charge in [-0.1, -0.05) is 0 Å². The van der Waals surface area contributed by atoms with Gasteiger partial charge in [-0.25, -0.2) is 28.4 Å². The van der Waals surface area contributed by atoms with Crippen LogP contribution in [-0.4, -0.2) is 43.9 Å². The van der Waals surface area contributed by atoms with Crippen molar-refractivity contribution in [1.29, 1.82) is 5.26 Å². The fourth-order valence-corrected chi connectivity index (χ4v) is 3.17. The summed E-state index contributed by atoms with van der Waals surface area (Å²) in [6.45, 7) is 5.67. The van der Waals surface area contributed by atoms with Crippen molar-refractivity contribution in [1.82, 2.24) is 19.5 Å². The smallest absolute Gasteiger partial charge is 0.417 e. The van der Waals surface area contributed by atoms with E-state index in [9.17, 15) is 13.6 Å². The monoisotopic (exact) mass is 468 g/mol. The summed E-state index contributed by atoms with van der Waals surface area (Å²) in [4.78, 5) is 26.1. The van der Waals surface area contributed by atoms with Crippen LogP contribution in [0.5, 0.6) is 0 Å². The molecule has 0 bridgehead atoms. The molecular weight excluding hydrogens is 442 g/mol. The molecule has 0 aliphatic heterocycles. The predicted octanol–water partition coefficient (Wildman–Crippen LogP) is 4.85. The van der Waals surface area contributed by atoms with Crippen molar-refractivity contribution >= 4 is 12.0 Å². The van der Waals surface area contributed by atoms with Gasteiger partial charge < -0.3 is 9.30 Å². The highest BCUT2D eigenvalue weighted by Gasteiger charge is 2.34. The highest BCUT2D eigenvalue weighted by Crippen LogP contribution is 2.32. The zero-order chi connectivity index (χ0) is 24.7. The third-order valence-corrected chi connectivity index (χ3v) is 4.84. The maximum Gasteiger partial charge on any atom is 0.417 e. The number of halogens is 2. The standard InChI is InChI=1S/C19H22FN5O2.C5H4FN/c1-19(2,3)27-18(26)25(12-14-6-15(20)7-14)17-22-9-16(10-23-17)24-5-4-13(8-21)11-24;6-5-2-1-3-7-4-5/h4-5,9-11,14-15H,6-7,12H2,1-3H3;1-4H. The largest absolute Gasteiger partial charge is 0.443 e. The summed E-state index contributed by atoms with van der Waals surface area (Å²) in [5.74, 6) is -0.0103. The number of alkyl halides is 1. The lowest BCUT2D eigenvalue weighted by atomic mass is 9.83. The van der Waals surface area contributed by atoms with Crippen LogP contribution in [0.2, 0.25) is 0 Å². The maximum atomic E-state index is 13.2. The Morgan fingerprint density at radius 3 is 2.44 bits per heavy atom. The van der Waals surface area contributed by atoms with Gasteiger partial charge in [0, 0.05) is 25.1 Å². The van der Waals surface area contributed by atoms with E-state index >= 15 is 0 Å². The van der Waals surface area contributed by atoms with E-state index < -0.39 is 17.9 Å². The zero-order valence-corrected chi connectivity index (χ0v) is 19.2. The molecule has 0 spiro atoms. The average molecular weight is 469 g/mol. The number of rotatable bonds is 4. The Labute approximate surface area is 196 Å². The third-order valence-electron chi connectivity index (χ3n) is 4.84. The summed E-state index contributed by atoms with van der Waals surface area (Å²) in [5, 5.41) is 8.92. The van der Waals surface area contributed by atoms with E-state index in [1.165, 1.54) is 23.4 Å². The lowest BCUT2D eigenvalue weighted by Crippen LogP contribution is -2.43. The molecule has 178 valence electrons. The molecule has 3 heterocycles. The second-order valence-electron chi connectivity index (χ2n) is 8.86. The fraction of sp³-hybridized carbons (Fsp3) is 0.375. The Bertz CT molecular complexity index is 1120. The molecule has 0 atom stereocenters. The maximum absolute atomic E-state index is 13.2. The minimum atomic E-state index is -0.804. The Morgan fingerprint density at radius 2 is 1.97 bits per heavy atom. The average Bonchev–Trinajstić information content (AvgIpc) is 3.25. The number of anilines is 1. The molecule has 1 aliphatic carbocycles. The van der Waals surface area contributed by atoms with Crippen molar-refractivity contribution in [2.24, 2.45) is 5.92 Å². The molecule has 0 N–H and O–H groups in total. The SMILES string of the molecule is CC(C)(C)OC(=O)N(CC1CC(F)C1)c1ncc(-n2ccc(C#N)c2)cn1.Fc1cccnc1. The van der Waals surface area contributed by atoms with Crippen LogP contribution in [0.1, 0.15) is 39.2 Å². The van der Waals surface area contributed by atoms with E-state index in [0.29, 0.717) is 30.6 Å². The molecule has 1 fully saturated rings. The second kappa shape index (κ2) is 10.8. The topological polar surface area (TPSA) is 96.9 Å².